The third-order valence-corrected chi connectivity index (χ3v) is 4.27. The summed E-state index contributed by atoms with van der Waals surface area (Å²) in [6.07, 6.45) is 5.34. The smallest absolute Gasteiger partial charge is 0.312 e. The Balaban J connectivity index is 2.73. The third-order valence-electron chi connectivity index (χ3n) is 4.27. The lowest BCUT2D eigenvalue weighted by atomic mass is 9.83. The van der Waals surface area contributed by atoms with Gasteiger partial charge in [0.1, 0.15) is 5.60 Å². The molecular formula is C16H30O2. The first-order valence-corrected chi connectivity index (χ1v) is 7.43. The molecule has 0 unspecified atom stereocenters. The molecule has 2 nitrogen and oxygen atoms in total. The molecule has 106 valence electrons. The lowest BCUT2D eigenvalue weighted by Gasteiger charge is -2.37. The van der Waals surface area contributed by atoms with Crippen molar-refractivity contribution >= 4 is 5.97 Å². The first kappa shape index (κ1) is 15.5. The summed E-state index contributed by atoms with van der Waals surface area (Å²) in [6, 6.07) is 0. The molecule has 0 aliphatic heterocycles. The summed E-state index contributed by atoms with van der Waals surface area (Å²) in [7, 11) is 0. The Morgan fingerprint density at radius 3 is 2.06 bits per heavy atom. The normalized spacial score (nSPS) is 19.6. The van der Waals surface area contributed by atoms with Crippen LogP contribution in [-0.4, -0.2) is 11.6 Å². The maximum Gasteiger partial charge on any atom is 0.312 e. The Morgan fingerprint density at radius 2 is 1.67 bits per heavy atom. The molecule has 0 N–H and O–H groups in total. The van der Waals surface area contributed by atoms with Crippen molar-refractivity contribution in [1.82, 2.24) is 0 Å². The second-order valence-corrected chi connectivity index (χ2v) is 7.30. The Hall–Kier alpha value is -0.530. The van der Waals surface area contributed by atoms with Crippen LogP contribution in [0.1, 0.15) is 73.6 Å². The SMILES string of the molecule is CC(C)CC(C)(C)C(=O)OC1(C(C)C)CCCC1. The quantitative estimate of drug-likeness (QED) is 0.672. The van der Waals surface area contributed by atoms with Crippen LogP contribution >= 0.6 is 0 Å². The summed E-state index contributed by atoms with van der Waals surface area (Å²) in [5.41, 5.74) is -0.552. The average Bonchev–Trinajstić information content (AvgIpc) is 2.65. The van der Waals surface area contributed by atoms with E-state index in [1.54, 1.807) is 0 Å². The predicted octanol–water partition coefficient (Wildman–Crippen LogP) is 4.57. The van der Waals surface area contributed by atoms with Gasteiger partial charge in [0.15, 0.2) is 0 Å². The molecular weight excluding hydrogens is 224 g/mol. The molecule has 0 aromatic carbocycles. The van der Waals surface area contributed by atoms with Crippen molar-refractivity contribution < 1.29 is 9.53 Å². The highest BCUT2D eigenvalue weighted by atomic mass is 16.6. The monoisotopic (exact) mass is 254 g/mol. The molecule has 1 saturated carbocycles. The molecule has 0 bridgehead atoms. The maximum atomic E-state index is 12.4. The highest BCUT2D eigenvalue weighted by molar-refractivity contribution is 5.76. The van der Waals surface area contributed by atoms with Crippen LogP contribution in [0.4, 0.5) is 0 Å². The molecule has 2 heteroatoms. The lowest BCUT2D eigenvalue weighted by Crippen LogP contribution is -2.42. The number of ether oxygens (including phenoxy) is 1. The van der Waals surface area contributed by atoms with Crippen LogP contribution in [0, 0.1) is 17.3 Å². The topological polar surface area (TPSA) is 26.3 Å². The van der Waals surface area contributed by atoms with E-state index in [-0.39, 0.29) is 17.0 Å². The number of esters is 1. The summed E-state index contributed by atoms with van der Waals surface area (Å²) in [5.74, 6) is 0.928. The molecule has 0 saturated heterocycles. The standard InChI is InChI=1S/C16H30O2/c1-12(2)11-15(5,6)14(17)18-16(13(3)4)9-7-8-10-16/h12-13H,7-11H2,1-6H3. The second-order valence-electron chi connectivity index (χ2n) is 7.30. The highest BCUT2D eigenvalue weighted by Gasteiger charge is 2.43. The van der Waals surface area contributed by atoms with Crippen LogP contribution in [0.25, 0.3) is 0 Å². The fraction of sp³-hybridized carbons (Fsp3) is 0.938. The summed E-state index contributed by atoms with van der Waals surface area (Å²) in [5, 5.41) is 0. The molecule has 0 atom stereocenters. The zero-order valence-corrected chi connectivity index (χ0v) is 13.0. The number of rotatable bonds is 5. The van der Waals surface area contributed by atoms with Gasteiger partial charge in [-0.3, -0.25) is 4.79 Å². The molecule has 0 aromatic rings. The molecule has 0 spiro atoms. The van der Waals surface area contributed by atoms with Crippen molar-refractivity contribution in [2.24, 2.45) is 17.3 Å². The second kappa shape index (κ2) is 5.63. The van der Waals surface area contributed by atoms with E-state index in [0.717, 1.165) is 19.3 Å². The zero-order chi connectivity index (χ0) is 14.0. The first-order valence-electron chi connectivity index (χ1n) is 7.43. The molecule has 0 heterocycles. The Morgan fingerprint density at radius 1 is 1.17 bits per heavy atom. The third kappa shape index (κ3) is 3.49. The molecule has 0 radical (unpaired) electrons. The van der Waals surface area contributed by atoms with Crippen molar-refractivity contribution in [1.29, 1.82) is 0 Å². The summed E-state index contributed by atoms with van der Waals surface area (Å²) < 4.78 is 5.99. The Bertz CT molecular complexity index is 283. The van der Waals surface area contributed by atoms with Gasteiger partial charge in [0.05, 0.1) is 5.41 Å². The van der Waals surface area contributed by atoms with Gasteiger partial charge in [0.2, 0.25) is 0 Å². The van der Waals surface area contributed by atoms with Crippen LogP contribution < -0.4 is 0 Å². The Labute approximate surface area is 112 Å². The van der Waals surface area contributed by atoms with E-state index in [2.05, 4.69) is 27.7 Å². The number of carbonyl (C=O) groups excluding carboxylic acids is 1. The van der Waals surface area contributed by atoms with E-state index in [4.69, 9.17) is 4.74 Å². The number of carbonyl (C=O) groups is 1. The zero-order valence-electron chi connectivity index (χ0n) is 13.0. The summed E-state index contributed by atoms with van der Waals surface area (Å²) >= 11 is 0. The molecule has 18 heavy (non-hydrogen) atoms. The van der Waals surface area contributed by atoms with E-state index in [1.165, 1.54) is 12.8 Å². The van der Waals surface area contributed by atoms with Gasteiger partial charge >= 0.3 is 5.97 Å². The van der Waals surface area contributed by atoms with Gasteiger partial charge in [-0.2, -0.15) is 0 Å². The van der Waals surface area contributed by atoms with Gasteiger partial charge in [0, 0.05) is 0 Å². The number of hydrogen-bond acceptors (Lipinski definition) is 2. The highest BCUT2D eigenvalue weighted by Crippen LogP contribution is 2.41. The molecule has 0 amide bonds. The molecule has 1 fully saturated rings. The van der Waals surface area contributed by atoms with Gasteiger partial charge in [0.25, 0.3) is 0 Å². The van der Waals surface area contributed by atoms with Gasteiger partial charge in [-0.1, -0.05) is 27.7 Å². The van der Waals surface area contributed by atoms with Crippen LogP contribution in [0.2, 0.25) is 0 Å². The molecule has 1 rings (SSSR count). The first-order chi connectivity index (χ1) is 8.19. The van der Waals surface area contributed by atoms with Crippen LogP contribution in [0.5, 0.6) is 0 Å². The van der Waals surface area contributed by atoms with Crippen molar-refractivity contribution in [2.75, 3.05) is 0 Å². The van der Waals surface area contributed by atoms with E-state index < -0.39 is 0 Å². The predicted molar refractivity (Wildman–Crippen MR) is 75.4 cm³/mol. The van der Waals surface area contributed by atoms with E-state index in [0.29, 0.717) is 11.8 Å². The average molecular weight is 254 g/mol. The van der Waals surface area contributed by atoms with E-state index in [1.807, 2.05) is 13.8 Å². The van der Waals surface area contributed by atoms with Crippen LogP contribution in [0.15, 0.2) is 0 Å². The van der Waals surface area contributed by atoms with Gasteiger partial charge < -0.3 is 4.74 Å². The minimum atomic E-state index is -0.362. The minimum Gasteiger partial charge on any atom is -0.458 e. The van der Waals surface area contributed by atoms with E-state index in [9.17, 15) is 4.79 Å². The lowest BCUT2D eigenvalue weighted by molar-refractivity contribution is -0.176. The number of hydrogen-bond donors (Lipinski definition) is 0. The fourth-order valence-corrected chi connectivity index (χ4v) is 3.20. The van der Waals surface area contributed by atoms with E-state index >= 15 is 0 Å². The van der Waals surface area contributed by atoms with Crippen molar-refractivity contribution in [3.8, 4) is 0 Å². The largest absolute Gasteiger partial charge is 0.458 e. The molecule has 1 aliphatic rings. The molecule has 0 aromatic heterocycles. The fourth-order valence-electron chi connectivity index (χ4n) is 3.20. The molecule has 1 aliphatic carbocycles. The van der Waals surface area contributed by atoms with Crippen LogP contribution in [-0.2, 0) is 9.53 Å². The van der Waals surface area contributed by atoms with Gasteiger partial charge in [-0.15, -0.1) is 0 Å². The van der Waals surface area contributed by atoms with Crippen molar-refractivity contribution in [2.45, 2.75) is 79.2 Å². The van der Waals surface area contributed by atoms with Crippen molar-refractivity contribution in [3.05, 3.63) is 0 Å². The van der Waals surface area contributed by atoms with Gasteiger partial charge in [-0.25, -0.2) is 0 Å². The van der Waals surface area contributed by atoms with Crippen molar-refractivity contribution in [3.63, 3.8) is 0 Å². The summed E-state index contributed by atoms with van der Waals surface area (Å²) in [6.45, 7) is 12.7. The Kier molecular flexibility index (Phi) is 4.85. The minimum absolute atomic E-state index is 0.00759. The van der Waals surface area contributed by atoms with Gasteiger partial charge in [-0.05, 0) is 57.8 Å². The van der Waals surface area contributed by atoms with Crippen LogP contribution in [0.3, 0.4) is 0 Å². The maximum absolute atomic E-state index is 12.4. The summed E-state index contributed by atoms with van der Waals surface area (Å²) in [4.78, 5) is 12.4.